The monoisotopic (exact) mass is 540 g/mol. The van der Waals surface area contributed by atoms with Crippen molar-refractivity contribution in [2.75, 3.05) is 93.4 Å². The van der Waals surface area contributed by atoms with Crippen molar-refractivity contribution >= 4 is 35.8 Å². The van der Waals surface area contributed by atoms with Crippen LogP contribution in [0.4, 0.5) is 0 Å². The highest BCUT2D eigenvalue weighted by atomic mass is 127. The number of carbonyl (C=O) groups excluding carboxylic acids is 1. The van der Waals surface area contributed by atoms with E-state index in [0.717, 1.165) is 71.3 Å². The van der Waals surface area contributed by atoms with Gasteiger partial charge in [0.2, 0.25) is 5.91 Å². The Hall–Kier alpha value is -0.690. The van der Waals surface area contributed by atoms with Crippen LogP contribution in [-0.4, -0.2) is 125 Å². The topological polar surface area (TPSA) is 81.7 Å². The Bertz CT molecular complexity index is 521. The summed E-state index contributed by atoms with van der Waals surface area (Å²) in [5, 5.41) is 6.34. The third-order valence-corrected chi connectivity index (χ3v) is 5.90. The van der Waals surface area contributed by atoms with E-state index in [4.69, 9.17) is 14.5 Å². The molecule has 0 aromatic rings. The zero-order chi connectivity index (χ0) is 21.1. The first-order valence-electron chi connectivity index (χ1n) is 10.8. The molecule has 0 unspecified atom stereocenters. The van der Waals surface area contributed by atoms with Gasteiger partial charge in [-0.2, -0.15) is 0 Å². The second-order valence-corrected chi connectivity index (χ2v) is 8.01. The zero-order valence-electron chi connectivity index (χ0n) is 19.1. The standard InChI is InChI=1S/C20H40N6O3.HI/c1-5-21-19(23-17-20(24(2)3)6-13-29-14-7-20)26-11-9-25(10-12-26)16-18(27)22-8-15-28-4;/h5-17H2,1-4H3,(H,21,23)(H,22,27);1H. The fraction of sp³-hybridized carbons (Fsp3) is 0.900. The van der Waals surface area contributed by atoms with Gasteiger partial charge >= 0.3 is 0 Å². The molecule has 0 aromatic carbocycles. The van der Waals surface area contributed by atoms with Gasteiger partial charge in [-0.05, 0) is 33.9 Å². The number of amides is 1. The summed E-state index contributed by atoms with van der Waals surface area (Å²) in [4.78, 5) is 23.8. The van der Waals surface area contributed by atoms with E-state index in [2.05, 4.69) is 46.4 Å². The second kappa shape index (κ2) is 14.4. The van der Waals surface area contributed by atoms with Gasteiger partial charge in [0.1, 0.15) is 0 Å². The summed E-state index contributed by atoms with van der Waals surface area (Å²) >= 11 is 0. The van der Waals surface area contributed by atoms with Gasteiger partial charge in [-0.1, -0.05) is 0 Å². The van der Waals surface area contributed by atoms with E-state index in [9.17, 15) is 4.79 Å². The molecule has 2 fully saturated rings. The number of guanidine groups is 1. The highest BCUT2D eigenvalue weighted by Crippen LogP contribution is 2.26. The van der Waals surface area contributed by atoms with Crippen molar-refractivity contribution < 1.29 is 14.3 Å². The Labute approximate surface area is 198 Å². The van der Waals surface area contributed by atoms with Gasteiger partial charge in [0.25, 0.3) is 0 Å². The number of ether oxygens (including phenoxy) is 2. The first-order valence-corrected chi connectivity index (χ1v) is 10.8. The smallest absolute Gasteiger partial charge is 0.234 e. The Morgan fingerprint density at radius 1 is 1.17 bits per heavy atom. The Morgan fingerprint density at radius 3 is 2.40 bits per heavy atom. The molecule has 0 saturated carbocycles. The number of nitrogens with one attached hydrogen (secondary N) is 2. The highest BCUT2D eigenvalue weighted by molar-refractivity contribution is 14.0. The van der Waals surface area contributed by atoms with Crippen molar-refractivity contribution in [3.8, 4) is 0 Å². The van der Waals surface area contributed by atoms with E-state index in [1.165, 1.54) is 0 Å². The van der Waals surface area contributed by atoms with E-state index in [1.54, 1.807) is 7.11 Å². The molecule has 9 nitrogen and oxygen atoms in total. The number of nitrogens with zero attached hydrogens (tertiary/aromatic N) is 4. The molecule has 30 heavy (non-hydrogen) atoms. The molecule has 2 rings (SSSR count). The normalized spacial score (nSPS) is 20.0. The first-order chi connectivity index (χ1) is 14.0. The summed E-state index contributed by atoms with van der Waals surface area (Å²) in [5.41, 5.74) is 0.0705. The summed E-state index contributed by atoms with van der Waals surface area (Å²) in [6.45, 7) is 10.3. The molecule has 10 heteroatoms. The molecular weight excluding hydrogens is 499 g/mol. The summed E-state index contributed by atoms with van der Waals surface area (Å²) in [6, 6.07) is 0. The molecule has 2 aliphatic rings. The van der Waals surface area contributed by atoms with Crippen molar-refractivity contribution in [3.63, 3.8) is 0 Å². The number of piperazine rings is 1. The zero-order valence-corrected chi connectivity index (χ0v) is 21.4. The average Bonchev–Trinajstić information content (AvgIpc) is 2.72. The molecule has 176 valence electrons. The van der Waals surface area contributed by atoms with E-state index in [-0.39, 0.29) is 35.4 Å². The van der Waals surface area contributed by atoms with Crippen molar-refractivity contribution in [2.45, 2.75) is 25.3 Å². The maximum atomic E-state index is 12.0. The minimum absolute atomic E-state index is 0. The molecular formula is C20H41IN6O3. The number of carbonyl (C=O) groups is 1. The third kappa shape index (κ3) is 8.45. The van der Waals surface area contributed by atoms with E-state index >= 15 is 0 Å². The van der Waals surface area contributed by atoms with Crippen LogP contribution in [0.5, 0.6) is 0 Å². The lowest BCUT2D eigenvalue weighted by atomic mass is 9.89. The fourth-order valence-electron chi connectivity index (χ4n) is 3.82. The molecule has 0 radical (unpaired) electrons. The van der Waals surface area contributed by atoms with Crippen LogP contribution in [0.3, 0.4) is 0 Å². The molecule has 2 aliphatic heterocycles. The molecule has 1 amide bonds. The summed E-state index contributed by atoms with van der Waals surface area (Å²) in [5.74, 6) is 1.04. The van der Waals surface area contributed by atoms with Crippen molar-refractivity contribution in [2.24, 2.45) is 4.99 Å². The molecule has 2 saturated heterocycles. The predicted octanol–water partition coefficient (Wildman–Crippen LogP) is 0.0609. The molecule has 0 atom stereocenters. The number of halogens is 1. The van der Waals surface area contributed by atoms with Gasteiger partial charge in [0, 0.05) is 65.1 Å². The van der Waals surface area contributed by atoms with Crippen LogP contribution in [-0.2, 0) is 14.3 Å². The van der Waals surface area contributed by atoms with E-state index < -0.39 is 0 Å². The lowest BCUT2D eigenvalue weighted by Gasteiger charge is -2.42. The Kier molecular flexibility index (Phi) is 13.1. The fourth-order valence-corrected chi connectivity index (χ4v) is 3.82. The summed E-state index contributed by atoms with van der Waals surface area (Å²) in [6.07, 6.45) is 2.02. The molecule has 0 aliphatic carbocycles. The maximum Gasteiger partial charge on any atom is 0.234 e. The van der Waals surface area contributed by atoms with Crippen LogP contribution in [0.1, 0.15) is 19.8 Å². The first kappa shape index (κ1) is 27.3. The molecule has 2 N–H and O–H groups in total. The second-order valence-electron chi connectivity index (χ2n) is 8.01. The number of rotatable bonds is 9. The van der Waals surface area contributed by atoms with E-state index in [1.807, 2.05) is 0 Å². The third-order valence-electron chi connectivity index (χ3n) is 5.90. The largest absolute Gasteiger partial charge is 0.383 e. The number of hydrogen-bond donors (Lipinski definition) is 2. The summed E-state index contributed by atoms with van der Waals surface area (Å²) < 4.78 is 10.5. The van der Waals surface area contributed by atoms with Crippen LogP contribution >= 0.6 is 24.0 Å². The van der Waals surface area contributed by atoms with Gasteiger partial charge in [-0.3, -0.25) is 14.7 Å². The molecule has 0 spiro atoms. The van der Waals surface area contributed by atoms with Crippen molar-refractivity contribution in [1.82, 2.24) is 25.3 Å². The van der Waals surface area contributed by atoms with Crippen molar-refractivity contribution in [1.29, 1.82) is 0 Å². The van der Waals surface area contributed by atoms with Crippen LogP contribution in [0, 0.1) is 0 Å². The summed E-state index contributed by atoms with van der Waals surface area (Å²) in [7, 11) is 5.92. The number of hydrogen-bond acceptors (Lipinski definition) is 6. The molecule has 0 aromatic heterocycles. The predicted molar refractivity (Wildman–Crippen MR) is 131 cm³/mol. The quantitative estimate of drug-likeness (QED) is 0.185. The SMILES string of the molecule is CCNC(=NCC1(N(C)C)CCOCC1)N1CCN(CC(=O)NCCOC)CC1.I. The molecule has 2 heterocycles. The lowest BCUT2D eigenvalue weighted by molar-refractivity contribution is -0.122. The van der Waals surface area contributed by atoms with Gasteiger partial charge in [0.05, 0.1) is 19.7 Å². The maximum absolute atomic E-state index is 12.0. The Balaban J connectivity index is 0.00000450. The van der Waals surface area contributed by atoms with Crippen LogP contribution in [0.25, 0.3) is 0 Å². The van der Waals surface area contributed by atoms with Gasteiger partial charge in [-0.25, -0.2) is 0 Å². The van der Waals surface area contributed by atoms with Gasteiger partial charge in [-0.15, -0.1) is 24.0 Å². The minimum Gasteiger partial charge on any atom is -0.383 e. The number of methoxy groups -OCH3 is 1. The van der Waals surface area contributed by atoms with Crippen LogP contribution < -0.4 is 10.6 Å². The minimum atomic E-state index is 0. The lowest BCUT2D eigenvalue weighted by Crippen LogP contribution is -2.55. The number of likely N-dealkylation sites (N-methyl/N-ethyl adjacent to an activating group) is 1. The average molecular weight is 540 g/mol. The van der Waals surface area contributed by atoms with Gasteiger partial charge < -0.3 is 29.9 Å². The highest BCUT2D eigenvalue weighted by Gasteiger charge is 2.35. The molecule has 0 bridgehead atoms. The van der Waals surface area contributed by atoms with Crippen molar-refractivity contribution in [3.05, 3.63) is 0 Å². The van der Waals surface area contributed by atoms with Gasteiger partial charge in [0.15, 0.2) is 5.96 Å². The Morgan fingerprint density at radius 2 is 1.83 bits per heavy atom. The van der Waals surface area contributed by atoms with E-state index in [0.29, 0.717) is 19.7 Å². The van der Waals surface area contributed by atoms with Crippen LogP contribution in [0.15, 0.2) is 4.99 Å². The van der Waals surface area contributed by atoms with Crippen LogP contribution in [0.2, 0.25) is 0 Å². The number of aliphatic imine (C=N–C) groups is 1.